The molecule has 0 aliphatic heterocycles. The molecule has 0 aliphatic rings. The number of anilines is 1. The van der Waals surface area contributed by atoms with Gasteiger partial charge >= 0.3 is 0 Å². The number of hydrogen-bond acceptors (Lipinski definition) is 8. The first-order chi connectivity index (χ1) is 18.0. The van der Waals surface area contributed by atoms with E-state index in [9.17, 15) is 23.3 Å². The van der Waals surface area contributed by atoms with Crippen LogP contribution in [0.4, 0.5) is 11.4 Å². The standard InChI is InChI=1S/C26H29N3O8S/c1-17-6-12-22(15-23(17)29(31)32)38(33,34)28(20-8-10-21(35-3)11-9-20)16-26(30)27-18(2)19-7-13-24(36-4)25(14-19)37-5/h6-15,18H,16H2,1-5H3,(H,27,30)/t18-/m1/s1. The van der Waals surface area contributed by atoms with E-state index in [0.29, 0.717) is 28.4 Å². The number of methoxy groups -OCH3 is 3. The van der Waals surface area contributed by atoms with E-state index in [1.54, 1.807) is 37.3 Å². The molecule has 3 aromatic rings. The van der Waals surface area contributed by atoms with Crippen LogP contribution in [-0.2, 0) is 14.8 Å². The molecule has 0 saturated heterocycles. The van der Waals surface area contributed by atoms with Crippen LogP contribution in [0.2, 0.25) is 0 Å². The van der Waals surface area contributed by atoms with Crippen molar-refractivity contribution in [1.29, 1.82) is 0 Å². The topological polar surface area (TPSA) is 137 Å². The van der Waals surface area contributed by atoms with Crippen LogP contribution in [0.3, 0.4) is 0 Å². The first-order valence-corrected chi connectivity index (χ1v) is 12.9. The molecule has 0 aromatic heterocycles. The van der Waals surface area contributed by atoms with Gasteiger partial charge in [0.05, 0.1) is 42.9 Å². The van der Waals surface area contributed by atoms with Gasteiger partial charge in [-0.2, -0.15) is 0 Å². The van der Waals surface area contributed by atoms with Crippen LogP contribution in [0.15, 0.2) is 65.6 Å². The smallest absolute Gasteiger partial charge is 0.273 e. The van der Waals surface area contributed by atoms with E-state index in [-0.39, 0.29) is 16.3 Å². The molecule has 0 bridgehead atoms. The molecule has 0 spiro atoms. The molecule has 202 valence electrons. The maximum absolute atomic E-state index is 13.7. The van der Waals surface area contributed by atoms with Crippen LogP contribution in [0.25, 0.3) is 0 Å². The lowest BCUT2D eigenvalue weighted by Crippen LogP contribution is -2.41. The lowest BCUT2D eigenvalue weighted by atomic mass is 10.1. The molecule has 11 nitrogen and oxygen atoms in total. The monoisotopic (exact) mass is 543 g/mol. The molecule has 0 saturated carbocycles. The Hall–Kier alpha value is -4.32. The number of nitrogens with zero attached hydrogens (tertiary/aromatic N) is 2. The molecule has 3 aromatic carbocycles. The van der Waals surface area contributed by atoms with Gasteiger partial charge in [0.1, 0.15) is 12.3 Å². The zero-order valence-corrected chi connectivity index (χ0v) is 22.4. The summed E-state index contributed by atoms with van der Waals surface area (Å²) in [7, 11) is 0.111. The summed E-state index contributed by atoms with van der Waals surface area (Å²) in [4.78, 5) is 23.6. The minimum atomic E-state index is -4.37. The Morgan fingerprint density at radius 3 is 2.21 bits per heavy atom. The number of aryl methyl sites for hydroxylation is 1. The van der Waals surface area contributed by atoms with Crippen LogP contribution in [0, 0.1) is 17.0 Å². The maximum atomic E-state index is 13.7. The molecular formula is C26H29N3O8S. The molecule has 0 fully saturated rings. The van der Waals surface area contributed by atoms with Gasteiger partial charge in [-0.25, -0.2) is 8.42 Å². The van der Waals surface area contributed by atoms with E-state index in [4.69, 9.17) is 14.2 Å². The van der Waals surface area contributed by atoms with Crippen molar-refractivity contribution in [3.05, 3.63) is 81.9 Å². The van der Waals surface area contributed by atoms with Gasteiger partial charge in [0.2, 0.25) is 5.91 Å². The van der Waals surface area contributed by atoms with Crippen molar-refractivity contribution in [3.63, 3.8) is 0 Å². The molecular weight excluding hydrogens is 514 g/mol. The number of amides is 1. The minimum Gasteiger partial charge on any atom is -0.497 e. The molecule has 12 heteroatoms. The first kappa shape index (κ1) is 28.3. The highest BCUT2D eigenvalue weighted by Gasteiger charge is 2.30. The zero-order valence-electron chi connectivity index (χ0n) is 21.6. The second kappa shape index (κ2) is 11.8. The van der Waals surface area contributed by atoms with E-state index in [1.165, 1.54) is 52.5 Å². The summed E-state index contributed by atoms with van der Waals surface area (Å²) in [6.07, 6.45) is 0. The van der Waals surface area contributed by atoms with E-state index in [2.05, 4.69) is 5.32 Å². The van der Waals surface area contributed by atoms with Gasteiger partial charge < -0.3 is 19.5 Å². The van der Waals surface area contributed by atoms with Gasteiger partial charge in [0.15, 0.2) is 11.5 Å². The number of carbonyl (C=O) groups is 1. The summed E-state index contributed by atoms with van der Waals surface area (Å²) in [5, 5.41) is 14.2. The number of rotatable bonds is 11. The van der Waals surface area contributed by atoms with Gasteiger partial charge in [0, 0.05) is 11.6 Å². The fraction of sp³-hybridized carbons (Fsp3) is 0.269. The van der Waals surface area contributed by atoms with E-state index < -0.39 is 33.4 Å². The number of nitro benzene ring substituents is 1. The normalized spacial score (nSPS) is 11.8. The third kappa shape index (κ3) is 6.14. The number of nitro groups is 1. The average Bonchev–Trinajstić information content (AvgIpc) is 2.91. The van der Waals surface area contributed by atoms with E-state index in [1.807, 2.05) is 0 Å². The minimum absolute atomic E-state index is 0.183. The second-order valence-electron chi connectivity index (χ2n) is 8.32. The number of hydrogen-bond donors (Lipinski definition) is 1. The molecule has 38 heavy (non-hydrogen) atoms. The SMILES string of the molecule is COc1ccc(N(CC(=O)N[C@H](C)c2ccc(OC)c(OC)c2)S(=O)(=O)c2ccc(C)c([N+](=O)[O-])c2)cc1. The van der Waals surface area contributed by atoms with Crippen LogP contribution < -0.4 is 23.8 Å². The van der Waals surface area contributed by atoms with Gasteiger partial charge in [-0.15, -0.1) is 0 Å². The first-order valence-electron chi connectivity index (χ1n) is 11.4. The largest absolute Gasteiger partial charge is 0.497 e. The third-order valence-electron chi connectivity index (χ3n) is 5.90. The highest BCUT2D eigenvalue weighted by Crippen LogP contribution is 2.31. The fourth-order valence-electron chi connectivity index (χ4n) is 3.76. The predicted octanol–water partition coefficient (Wildman–Crippen LogP) is 4.00. The Balaban J connectivity index is 1.95. The molecule has 0 radical (unpaired) electrons. The van der Waals surface area contributed by atoms with E-state index >= 15 is 0 Å². The highest BCUT2D eigenvalue weighted by molar-refractivity contribution is 7.92. The lowest BCUT2D eigenvalue weighted by molar-refractivity contribution is -0.385. The predicted molar refractivity (Wildman–Crippen MR) is 141 cm³/mol. The van der Waals surface area contributed by atoms with Crippen LogP contribution in [0.1, 0.15) is 24.1 Å². The third-order valence-corrected chi connectivity index (χ3v) is 7.67. The number of carbonyl (C=O) groups excluding carboxylic acids is 1. The summed E-state index contributed by atoms with van der Waals surface area (Å²) >= 11 is 0. The van der Waals surface area contributed by atoms with Crippen molar-refractivity contribution in [3.8, 4) is 17.2 Å². The molecule has 0 heterocycles. The lowest BCUT2D eigenvalue weighted by Gasteiger charge is -2.25. The summed E-state index contributed by atoms with van der Waals surface area (Å²) in [5.74, 6) is 0.908. The zero-order chi connectivity index (χ0) is 28.0. The van der Waals surface area contributed by atoms with Crippen molar-refractivity contribution < 1.29 is 32.3 Å². The summed E-state index contributed by atoms with van der Waals surface area (Å²) in [6.45, 7) is 2.68. The Kier molecular flexibility index (Phi) is 8.79. The molecule has 0 aliphatic carbocycles. The quantitative estimate of drug-likeness (QED) is 0.283. The Labute approximate surface area is 221 Å². The van der Waals surface area contributed by atoms with Gasteiger partial charge in [-0.1, -0.05) is 12.1 Å². The fourth-order valence-corrected chi connectivity index (χ4v) is 5.20. The van der Waals surface area contributed by atoms with Crippen molar-refractivity contribution in [1.82, 2.24) is 5.32 Å². The summed E-state index contributed by atoms with van der Waals surface area (Å²) in [6, 6.07) is 14.4. The van der Waals surface area contributed by atoms with Crippen LogP contribution >= 0.6 is 0 Å². The van der Waals surface area contributed by atoms with Gasteiger partial charge in [-0.3, -0.25) is 19.2 Å². The molecule has 1 N–H and O–H groups in total. The molecule has 1 amide bonds. The maximum Gasteiger partial charge on any atom is 0.273 e. The number of benzene rings is 3. The van der Waals surface area contributed by atoms with Crippen molar-refractivity contribution >= 4 is 27.3 Å². The number of sulfonamides is 1. The summed E-state index contributed by atoms with van der Waals surface area (Å²) in [5.41, 5.74) is 0.866. The second-order valence-corrected chi connectivity index (χ2v) is 10.2. The van der Waals surface area contributed by atoms with Gasteiger partial charge in [0.25, 0.3) is 15.7 Å². The Morgan fingerprint density at radius 2 is 1.63 bits per heavy atom. The van der Waals surface area contributed by atoms with Crippen molar-refractivity contribution in [2.45, 2.75) is 24.8 Å². The highest BCUT2D eigenvalue weighted by atomic mass is 32.2. The van der Waals surface area contributed by atoms with Crippen molar-refractivity contribution in [2.75, 3.05) is 32.2 Å². The van der Waals surface area contributed by atoms with E-state index in [0.717, 1.165) is 10.4 Å². The summed E-state index contributed by atoms with van der Waals surface area (Å²) < 4.78 is 44.0. The number of nitrogens with one attached hydrogen (secondary N) is 1. The van der Waals surface area contributed by atoms with Gasteiger partial charge in [-0.05, 0) is 61.9 Å². The van der Waals surface area contributed by atoms with Crippen LogP contribution in [0.5, 0.6) is 17.2 Å². The molecule has 1 atom stereocenters. The van der Waals surface area contributed by atoms with Crippen molar-refractivity contribution in [2.24, 2.45) is 0 Å². The Bertz CT molecular complexity index is 1420. The Morgan fingerprint density at radius 1 is 0.974 bits per heavy atom. The molecule has 0 unspecified atom stereocenters. The number of ether oxygens (including phenoxy) is 3. The molecule has 3 rings (SSSR count). The average molecular weight is 544 g/mol. The van der Waals surface area contributed by atoms with Crippen LogP contribution in [-0.4, -0.2) is 47.1 Å².